The Morgan fingerprint density at radius 1 is 1.40 bits per heavy atom. The van der Waals surface area contributed by atoms with Crippen LogP contribution in [0.15, 0.2) is 29.3 Å². The predicted molar refractivity (Wildman–Crippen MR) is 81.4 cm³/mol. The van der Waals surface area contributed by atoms with Gasteiger partial charge in [0.2, 0.25) is 0 Å². The number of aromatic amines is 1. The Morgan fingerprint density at radius 3 is 2.60 bits per heavy atom. The van der Waals surface area contributed by atoms with Gasteiger partial charge in [0.25, 0.3) is 0 Å². The molecule has 2 aromatic rings. The minimum absolute atomic E-state index is 0.145. The van der Waals surface area contributed by atoms with Crippen molar-refractivity contribution in [3.63, 3.8) is 0 Å². The van der Waals surface area contributed by atoms with Crippen molar-refractivity contribution >= 4 is 24.3 Å². The predicted octanol–water partition coefficient (Wildman–Crippen LogP) is 2.62. The number of aromatic hydroxyl groups is 1. The van der Waals surface area contributed by atoms with Gasteiger partial charge in [-0.05, 0) is 17.7 Å². The molecule has 100 valence electrons. The summed E-state index contributed by atoms with van der Waals surface area (Å²) in [5.41, 5.74) is 8.10. The highest BCUT2D eigenvalue weighted by Crippen LogP contribution is 2.31. The lowest BCUT2D eigenvalue weighted by atomic mass is 9.97. The van der Waals surface area contributed by atoms with Gasteiger partial charge < -0.3 is 15.8 Å². The number of nitrogens with zero attached hydrogens (tertiary/aromatic N) is 2. The molecule has 0 amide bonds. The number of nitrogens with one attached hydrogen (secondary N) is 1. The average molecular weight is 284 g/mol. The summed E-state index contributed by atoms with van der Waals surface area (Å²) in [7, 11) is 1.62. The number of nitrogen functional groups attached to an aromatic ring is 1. The molecule has 0 aliphatic carbocycles. The largest absolute Gasteiger partial charge is 0.508 e. The van der Waals surface area contributed by atoms with Gasteiger partial charge in [0, 0.05) is 24.4 Å². The van der Waals surface area contributed by atoms with Crippen LogP contribution in [0.5, 0.6) is 5.75 Å². The Bertz CT molecular complexity index is 769. The smallest absolute Gasteiger partial charge is 0.120 e. The SMILES string of the molecule is CN=Cc1c(-c2ccc(O)cc2)c(C#N)c(N)[nH]c1=S. The second kappa shape index (κ2) is 5.55. The number of rotatable bonds is 2. The van der Waals surface area contributed by atoms with Gasteiger partial charge in [-0.3, -0.25) is 4.99 Å². The molecule has 0 bridgehead atoms. The van der Waals surface area contributed by atoms with E-state index in [0.29, 0.717) is 21.3 Å². The van der Waals surface area contributed by atoms with Crippen molar-refractivity contribution in [3.05, 3.63) is 40.0 Å². The van der Waals surface area contributed by atoms with Crippen LogP contribution in [0.25, 0.3) is 11.1 Å². The summed E-state index contributed by atoms with van der Waals surface area (Å²) < 4.78 is 0.412. The number of phenols is 1. The van der Waals surface area contributed by atoms with Gasteiger partial charge in [-0.2, -0.15) is 5.26 Å². The fourth-order valence-corrected chi connectivity index (χ4v) is 2.20. The third-order valence-corrected chi connectivity index (χ3v) is 3.13. The first kappa shape index (κ1) is 13.8. The van der Waals surface area contributed by atoms with Crippen LogP contribution in [-0.4, -0.2) is 23.4 Å². The first-order valence-corrected chi connectivity index (χ1v) is 6.16. The van der Waals surface area contributed by atoms with E-state index >= 15 is 0 Å². The molecule has 0 unspecified atom stereocenters. The molecule has 0 atom stereocenters. The van der Waals surface area contributed by atoms with Crippen molar-refractivity contribution < 1.29 is 5.11 Å². The summed E-state index contributed by atoms with van der Waals surface area (Å²) in [5.74, 6) is 0.362. The number of H-pyrrole nitrogens is 1. The standard InChI is InChI=1S/C14H12N4OS/c1-17-7-11-12(8-2-4-9(19)5-3-8)10(6-15)13(16)18-14(11)20/h2-5,7,19H,1H3,(H3,16,18,20). The highest BCUT2D eigenvalue weighted by Gasteiger charge is 2.15. The molecular formula is C14H12N4OS. The van der Waals surface area contributed by atoms with E-state index in [1.165, 1.54) is 0 Å². The molecule has 0 aliphatic heterocycles. The topological polar surface area (TPSA) is 98.2 Å². The van der Waals surface area contributed by atoms with E-state index in [0.717, 1.165) is 5.56 Å². The zero-order chi connectivity index (χ0) is 14.7. The number of hydrogen-bond acceptors (Lipinski definition) is 5. The number of benzene rings is 1. The summed E-state index contributed by atoms with van der Waals surface area (Å²) in [6.07, 6.45) is 1.58. The van der Waals surface area contributed by atoms with Gasteiger partial charge in [0.15, 0.2) is 0 Å². The van der Waals surface area contributed by atoms with E-state index in [1.54, 1.807) is 37.5 Å². The van der Waals surface area contributed by atoms with Crippen LogP contribution < -0.4 is 5.73 Å². The number of aromatic nitrogens is 1. The Morgan fingerprint density at radius 2 is 2.05 bits per heavy atom. The molecule has 6 heteroatoms. The third-order valence-electron chi connectivity index (χ3n) is 2.81. The number of anilines is 1. The molecule has 20 heavy (non-hydrogen) atoms. The number of nitriles is 1. The van der Waals surface area contributed by atoms with Gasteiger partial charge in [-0.1, -0.05) is 24.4 Å². The Balaban J connectivity index is 2.88. The van der Waals surface area contributed by atoms with E-state index in [9.17, 15) is 10.4 Å². The lowest BCUT2D eigenvalue weighted by molar-refractivity contribution is 0.475. The Labute approximate surface area is 121 Å². The van der Waals surface area contributed by atoms with Crippen LogP contribution in [0.1, 0.15) is 11.1 Å². The molecule has 0 spiro atoms. The summed E-state index contributed by atoms with van der Waals surface area (Å²) in [6, 6.07) is 8.56. The van der Waals surface area contributed by atoms with Crippen LogP contribution in [0.3, 0.4) is 0 Å². The molecule has 2 rings (SSSR count). The van der Waals surface area contributed by atoms with Crippen molar-refractivity contribution in [1.82, 2.24) is 4.98 Å². The number of aliphatic imine (C=N–C) groups is 1. The normalized spacial score (nSPS) is 10.6. The minimum Gasteiger partial charge on any atom is -0.508 e. The van der Waals surface area contributed by atoms with Crippen LogP contribution >= 0.6 is 12.2 Å². The average Bonchev–Trinajstić information content (AvgIpc) is 2.42. The van der Waals surface area contributed by atoms with Crippen LogP contribution in [0.2, 0.25) is 0 Å². The van der Waals surface area contributed by atoms with E-state index in [1.807, 2.05) is 0 Å². The molecule has 0 aliphatic rings. The highest BCUT2D eigenvalue weighted by molar-refractivity contribution is 7.71. The maximum absolute atomic E-state index is 9.37. The highest BCUT2D eigenvalue weighted by atomic mass is 32.1. The van der Waals surface area contributed by atoms with Crippen molar-refractivity contribution in [2.75, 3.05) is 12.8 Å². The van der Waals surface area contributed by atoms with E-state index in [4.69, 9.17) is 18.0 Å². The van der Waals surface area contributed by atoms with Crippen molar-refractivity contribution in [3.8, 4) is 22.9 Å². The molecule has 0 radical (unpaired) electrons. The molecule has 0 fully saturated rings. The number of nitrogens with two attached hydrogens (primary N) is 1. The zero-order valence-corrected chi connectivity index (χ0v) is 11.5. The minimum atomic E-state index is 0.145. The maximum atomic E-state index is 9.37. The summed E-state index contributed by atoms with van der Waals surface area (Å²) >= 11 is 5.24. The first-order chi connectivity index (χ1) is 9.58. The zero-order valence-electron chi connectivity index (χ0n) is 10.7. The first-order valence-electron chi connectivity index (χ1n) is 5.76. The second-order valence-corrected chi connectivity index (χ2v) is 4.49. The molecule has 1 heterocycles. The number of pyridine rings is 1. The van der Waals surface area contributed by atoms with Crippen LogP contribution in [0, 0.1) is 16.0 Å². The number of hydrogen-bond donors (Lipinski definition) is 3. The fraction of sp³-hybridized carbons (Fsp3) is 0.0714. The fourth-order valence-electron chi connectivity index (χ4n) is 1.93. The number of phenolic OH excluding ortho intramolecular Hbond substituents is 1. The van der Waals surface area contributed by atoms with Gasteiger partial charge >= 0.3 is 0 Å². The molecule has 0 saturated carbocycles. The molecule has 0 saturated heterocycles. The van der Waals surface area contributed by atoms with Crippen molar-refractivity contribution in [2.45, 2.75) is 0 Å². The molecule has 4 N–H and O–H groups in total. The van der Waals surface area contributed by atoms with Crippen molar-refractivity contribution in [2.24, 2.45) is 4.99 Å². The summed E-state index contributed by atoms with van der Waals surface area (Å²) in [4.78, 5) is 6.76. The van der Waals surface area contributed by atoms with Gasteiger partial charge in [0.1, 0.15) is 27.8 Å². The van der Waals surface area contributed by atoms with Crippen LogP contribution in [-0.2, 0) is 0 Å². The van der Waals surface area contributed by atoms with E-state index < -0.39 is 0 Å². The Hall–Kier alpha value is -2.65. The molecular weight excluding hydrogens is 272 g/mol. The van der Waals surface area contributed by atoms with Gasteiger partial charge in [0.05, 0.1) is 0 Å². The quantitative estimate of drug-likeness (QED) is 0.583. The molecule has 5 nitrogen and oxygen atoms in total. The molecule has 1 aromatic heterocycles. The summed E-state index contributed by atoms with van der Waals surface area (Å²) in [6.45, 7) is 0. The third kappa shape index (κ3) is 2.39. The Kier molecular flexibility index (Phi) is 3.82. The van der Waals surface area contributed by atoms with Crippen LogP contribution in [0.4, 0.5) is 5.82 Å². The lowest BCUT2D eigenvalue weighted by Gasteiger charge is -2.11. The van der Waals surface area contributed by atoms with E-state index in [-0.39, 0.29) is 11.6 Å². The van der Waals surface area contributed by atoms with Gasteiger partial charge in [-0.25, -0.2) is 0 Å². The second-order valence-electron chi connectivity index (χ2n) is 4.08. The molecule has 1 aromatic carbocycles. The van der Waals surface area contributed by atoms with E-state index in [2.05, 4.69) is 16.0 Å². The van der Waals surface area contributed by atoms with Gasteiger partial charge in [-0.15, -0.1) is 0 Å². The lowest BCUT2D eigenvalue weighted by Crippen LogP contribution is -2.03. The summed E-state index contributed by atoms with van der Waals surface area (Å²) in [5, 5.41) is 18.7. The van der Waals surface area contributed by atoms with Crippen molar-refractivity contribution in [1.29, 1.82) is 5.26 Å². The monoisotopic (exact) mass is 284 g/mol. The maximum Gasteiger partial charge on any atom is 0.120 e.